The van der Waals surface area contributed by atoms with E-state index >= 15 is 0 Å². The standard InChI is InChI=1S/C17H25N5O/c1-17(2,3)9-15(23)22-8-4-5-13(11-22)20-14-7-6-12(10-18)16(19)21-14/h6-7,13H,4-5,8-9,11H2,1-3H3,(H3,19,20,21). The minimum Gasteiger partial charge on any atom is -0.383 e. The largest absolute Gasteiger partial charge is 0.383 e. The zero-order valence-electron chi connectivity index (χ0n) is 14.1. The second-order valence-electron chi connectivity index (χ2n) is 7.30. The van der Waals surface area contributed by atoms with Gasteiger partial charge in [0, 0.05) is 25.6 Å². The Balaban J connectivity index is 1.98. The first-order valence-corrected chi connectivity index (χ1v) is 7.99. The van der Waals surface area contributed by atoms with E-state index in [2.05, 4.69) is 31.1 Å². The van der Waals surface area contributed by atoms with Crippen molar-refractivity contribution in [3.8, 4) is 6.07 Å². The second-order valence-corrected chi connectivity index (χ2v) is 7.30. The minimum absolute atomic E-state index is 0.000583. The van der Waals surface area contributed by atoms with Crippen LogP contribution in [-0.2, 0) is 4.79 Å². The molecule has 0 aliphatic carbocycles. The van der Waals surface area contributed by atoms with E-state index in [0.29, 0.717) is 24.3 Å². The molecule has 1 aromatic rings. The summed E-state index contributed by atoms with van der Waals surface area (Å²) in [6.07, 6.45) is 2.52. The highest BCUT2D eigenvalue weighted by molar-refractivity contribution is 5.77. The second kappa shape index (κ2) is 6.86. The summed E-state index contributed by atoms with van der Waals surface area (Å²) in [5, 5.41) is 12.2. The third kappa shape index (κ3) is 4.85. The maximum atomic E-state index is 12.4. The predicted molar refractivity (Wildman–Crippen MR) is 90.7 cm³/mol. The van der Waals surface area contributed by atoms with Crippen molar-refractivity contribution >= 4 is 17.5 Å². The molecule has 2 heterocycles. The number of nitrogen functional groups attached to an aromatic ring is 1. The third-order valence-electron chi connectivity index (χ3n) is 3.85. The van der Waals surface area contributed by atoms with E-state index in [1.54, 1.807) is 12.1 Å². The molecule has 3 N–H and O–H groups in total. The van der Waals surface area contributed by atoms with E-state index in [-0.39, 0.29) is 23.2 Å². The van der Waals surface area contributed by atoms with Crippen LogP contribution in [0.4, 0.5) is 11.6 Å². The number of rotatable bonds is 3. The number of nitrogens with one attached hydrogen (secondary N) is 1. The summed E-state index contributed by atoms with van der Waals surface area (Å²) in [4.78, 5) is 18.5. The third-order valence-corrected chi connectivity index (χ3v) is 3.85. The minimum atomic E-state index is 0.000583. The molecule has 1 aliphatic rings. The van der Waals surface area contributed by atoms with Crippen LogP contribution in [0.1, 0.15) is 45.6 Å². The van der Waals surface area contributed by atoms with Gasteiger partial charge in [-0.15, -0.1) is 0 Å². The van der Waals surface area contributed by atoms with E-state index in [1.165, 1.54) is 0 Å². The van der Waals surface area contributed by atoms with E-state index in [0.717, 1.165) is 19.4 Å². The molecule has 2 rings (SSSR count). The first-order valence-electron chi connectivity index (χ1n) is 7.99. The highest BCUT2D eigenvalue weighted by atomic mass is 16.2. The number of nitrogens with two attached hydrogens (primary N) is 1. The normalized spacial score (nSPS) is 18.3. The van der Waals surface area contributed by atoms with Crippen molar-refractivity contribution in [1.82, 2.24) is 9.88 Å². The number of hydrogen-bond donors (Lipinski definition) is 2. The predicted octanol–water partition coefficient (Wildman–Crippen LogP) is 2.37. The maximum absolute atomic E-state index is 12.4. The summed E-state index contributed by atoms with van der Waals surface area (Å²) in [6, 6.07) is 5.58. The molecular formula is C17H25N5O. The number of carbonyl (C=O) groups excluding carboxylic acids is 1. The molecule has 1 saturated heterocycles. The Morgan fingerprint density at radius 2 is 2.26 bits per heavy atom. The van der Waals surface area contributed by atoms with Gasteiger partial charge in [-0.25, -0.2) is 4.98 Å². The Bertz CT molecular complexity index is 614. The van der Waals surface area contributed by atoms with Gasteiger partial charge in [-0.1, -0.05) is 20.8 Å². The highest BCUT2D eigenvalue weighted by Crippen LogP contribution is 2.23. The Kier molecular flexibility index (Phi) is 5.09. The summed E-state index contributed by atoms with van der Waals surface area (Å²) < 4.78 is 0. The van der Waals surface area contributed by atoms with E-state index in [1.807, 2.05) is 11.0 Å². The average Bonchev–Trinajstić information content (AvgIpc) is 2.46. The van der Waals surface area contributed by atoms with Crippen LogP contribution in [0.3, 0.4) is 0 Å². The number of piperidine rings is 1. The number of amides is 1. The number of hydrogen-bond acceptors (Lipinski definition) is 5. The van der Waals surface area contributed by atoms with Gasteiger partial charge in [0.1, 0.15) is 17.7 Å². The van der Waals surface area contributed by atoms with Gasteiger partial charge >= 0.3 is 0 Å². The maximum Gasteiger partial charge on any atom is 0.223 e. The number of aromatic nitrogens is 1. The lowest BCUT2D eigenvalue weighted by atomic mass is 9.91. The first kappa shape index (κ1) is 17.1. The summed E-state index contributed by atoms with van der Waals surface area (Å²) in [5.74, 6) is 1.09. The number of pyridine rings is 1. The quantitative estimate of drug-likeness (QED) is 0.893. The molecule has 0 saturated carbocycles. The fourth-order valence-corrected chi connectivity index (χ4v) is 2.75. The molecule has 23 heavy (non-hydrogen) atoms. The molecular weight excluding hydrogens is 290 g/mol. The van der Waals surface area contributed by atoms with E-state index < -0.39 is 0 Å². The lowest BCUT2D eigenvalue weighted by Crippen LogP contribution is -2.46. The fourth-order valence-electron chi connectivity index (χ4n) is 2.75. The first-order chi connectivity index (χ1) is 10.8. The van der Waals surface area contributed by atoms with Crippen LogP contribution in [0.2, 0.25) is 0 Å². The van der Waals surface area contributed by atoms with Gasteiger partial charge in [-0.3, -0.25) is 4.79 Å². The number of nitriles is 1. The van der Waals surface area contributed by atoms with Crippen molar-refractivity contribution in [2.24, 2.45) is 5.41 Å². The average molecular weight is 315 g/mol. The molecule has 0 aromatic carbocycles. The van der Waals surface area contributed by atoms with Crippen LogP contribution < -0.4 is 11.1 Å². The van der Waals surface area contributed by atoms with Crippen LogP contribution in [0.25, 0.3) is 0 Å². The van der Waals surface area contributed by atoms with Crippen LogP contribution in [-0.4, -0.2) is 34.9 Å². The highest BCUT2D eigenvalue weighted by Gasteiger charge is 2.26. The van der Waals surface area contributed by atoms with Gasteiger partial charge in [0.05, 0.1) is 5.56 Å². The number of carbonyl (C=O) groups is 1. The molecule has 6 heteroatoms. The van der Waals surface area contributed by atoms with Gasteiger partial charge < -0.3 is 16.0 Å². The van der Waals surface area contributed by atoms with Crippen molar-refractivity contribution in [2.45, 2.75) is 46.1 Å². The Morgan fingerprint density at radius 1 is 1.52 bits per heavy atom. The van der Waals surface area contributed by atoms with E-state index in [9.17, 15) is 4.79 Å². The molecule has 1 unspecified atom stereocenters. The van der Waals surface area contributed by atoms with E-state index in [4.69, 9.17) is 11.0 Å². The molecule has 1 fully saturated rings. The van der Waals surface area contributed by atoms with Crippen molar-refractivity contribution in [1.29, 1.82) is 5.26 Å². The Labute approximate surface area is 137 Å². The summed E-state index contributed by atoms with van der Waals surface area (Å²) >= 11 is 0. The van der Waals surface area contributed by atoms with Crippen LogP contribution >= 0.6 is 0 Å². The molecule has 6 nitrogen and oxygen atoms in total. The summed E-state index contributed by atoms with van der Waals surface area (Å²) in [6.45, 7) is 7.72. The topological polar surface area (TPSA) is 95.0 Å². The smallest absolute Gasteiger partial charge is 0.223 e. The van der Waals surface area contributed by atoms with Gasteiger partial charge in [0.25, 0.3) is 0 Å². The summed E-state index contributed by atoms with van der Waals surface area (Å²) in [5.41, 5.74) is 6.12. The molecule has 1 aliphatic heterocycles. The van der Waals surface area contributed by atoms with Crippen molar-refractivity contribution in [3.63, 3.8) is 0 Å². The van der Waals surface area contributed by atoms with Gasteiger partial charge in [-0.05, 0) is 30.4 Å². The number of nitrogens with zero attached hydrogens (tertiary/aromatic N) is 3. The van der Waals surface area contributed by atoms with Crippen molar-refractivity contribution < 1.29 is 4.79 Å². The summed E-state index contributed by atoms with van der Waals surface area (Å²) in [7, 11) is 0. The van der Waals surface area contributed by atoms with Gasteiger partial charge in [0.2, 0.25) is 5.91 Å². The number of likely N-dealkylation sites (tertiary alicyclic amines) is 1. The molecule has 1 aromatic heterocycles. The number of anilines is 2. The zero-order valence-corrected chi connectivity index (χ0v) is 14.1. The zero-order chi connectivity index (χ0) is 17.0. The molecule has 1 amide bonds. The van der Waals surface area contributed by atoms with Crippen LogP contribution in [0.15, 0.2) is 12.1 Å². The monoisotopic (exact) mass is 315 g/mol. The molecule has 124 valence electrons. The lowest BCUT2D eigenvalue weighted by molar-refractivity contribution is -0.134. The van der Waals surface area contributed by atoms with Crippen LogP contribution in [0, 0.1) is 16.7 Å². The van der Waals surface area contributed by atoms with Crippen molar-refractivity contribution in [3.05, 3.63) is 17.7 Å². The van der Waals surface area contributed by atoms with Crippen molar-refractivity contribution in [2.75, 3.05) is 24.1 Å². The molecule has 0 bridgehead atoms. The Morgan fingerprint density at radius 3 is 2.87 bits per heavy atom. The Hall–Kier alpha value is -2.29. The SMILES string of the molecule is CC(C)(C)CC(=O)N1CCCC(Nc2ccc(C#N)c(N)n2)C1. The fraction of sp³-hybridized carbons (Fsp3) is 0.588. The van der Waals surface area contributed by atoms with Gasteiger partial charge in [-0.2, -0.15) is 5.26 Å². The molecule has 1 atom stereocenters. The van der Waals surface area contributed by atoms with Crippen LogP contribution in [0.5, 0.6) is 0 Å². The lowest BCUT2D eigenvalue weighted by Gasteiger charge is -2.35. The molecule has 0 spiro atoms. The van der Waals surface area contributed by atoms with Gasteiger partial charge in [0.15, 0.2) is 0 Å². The molecule has 0 radical (unpaired) electrons.